The Morgan fingerprint density at radius 3 is 2.25 bits per heavy atom. The Kier molecular flexibility index (Phi) is 10.8. The highest BCUT2D eigenvalue weighted by atomic mass is 16.7. The largest absolute Gasteiger partial charge is 0.504 e. The van der Waals surface area contributed by atoms with E-state index in [0.717, 1.165) is 12.8 Å². The summed E-state index contributed by atoms with van der Waals surface area (Å²) in [6.07, 6.45) is 2.97. The highest BCUT2D eigenvalue weighted by Gasteiger charge is 2.45. The lowest BCUT2D eigenvalue weighted by molar-refractivity contribution is -0.278. The minimum atomic E-state index is -1.74. The Bertz CT molecular complexity index is 1000. The van der Waals surface area contributed by atoms with Gasteiger partial charge in [0.05, 0.1) is 18.6 Å². The summed E-state index contributed by atoms with van der Waals surface area (Å²) in [5, 5.41) is 50.0. The van der Waals surface area contributed by atoms with Crippen molar-refractivity contribution in [2.75, 3.05) is 13.2 Å². The number of fused-ring (bicyclic) bond motifs is 1. The van der Waals surface area contributed by atoms with Crippen molar-refractivity contribution >= 4 is 11.0 Å². The van der Waals surface area contributed by atoms with Gasteiger partial charge in [0, 0.05) is 6.07 Å². The maximum Gasteiger partial charge on any atom is 0.383 e. The molecule has 1 fully saturated rings. The summed E-state index contributed by atoms with van der Waals surface area (Å²) in [5.41, 5.74) is -0.948. The Morgan fingerprint density at radius 1 is 0.917 bits per heavy atom. The molecule has 1 aromatic carbocycles. The average molecular weight is 511 g/mol. The van der Waals surface area contributed by atoms with Crippen molar-refractivity contribution in [2.45, 2.75) is 95.4 Å². The molecule has 3 rings (SSSR count). The van der Waals surface area contributed by atoms with Crippen LogP contribution in [0.25, 0.3) is 11.0 Å². The first kappa shape index (κ1) is 28.2. The lowest BCUT2D eigenvalue weighted by Crippen LogP contribution is -2.60. The van der Waals surface area contributed by atoms with Crippen LogP contribution in [0.4, 0.5) is 0 Å². The van der Waals surface area contributed by atoms with Gasteiger partial charge in [-0.2, -0.15) is 0 Å². The molecule has 0 aliphatic carbocycles. The molecule has 0 bridgehead atoms. The summed E-state index contributed by atoms with van der Waals surface area (Å²) in [4.78, 5) is 12.5. The molecule has 36 heavy (non-hydrogen) atoms. The second-order valence-electron chi connectivity index (χ2n) is 9.22. The molecular weight excluding hydrogens is 472 g/mol. The molecule has 10 nitrogen and oxygen atoms in total. The van der Waals surface area contributed by atoms with Crippen LogP contribution in [0.5, 0.6) is 17.2 Å². The number of hydrogen-bond acceptors (Lipinski definition) is 10. The summed E-state index contributed by atoms with van der Waals surface area (Å²) in [5.74, 6) is -0.675. The van der Waals surface area contributed by atoms with Crippen LogP contribution < -0.4 is 15.1 Å². The molecule has 0 amide bonds. The molecule has 2 heterocycles. The van der Waals surface area contributed by atoms with Crippen molar-refractivity contribution < 1.29 is 44.2 Å². The molecule has 1 saturated heterocycles. The minimum Gasteiger partial charge on any atom is -0.504 e. The maximum absolute atomic E-state index is 12.5. The zero-order valence-electron chi connectivity index (χ0n) is 20.7. The number of aliphatic hydroxyl groups excluding tert-OH is 4. The van der Waals surface area contributed by atoms with Crippen LogP contribution >= 0.6 is 0 Å². The van der Waals surface area contributed by atoms with Gasteiger partial charge in [0.1, 0.15) is 35.7 Å². The first-order valence-electron chi connectivity index (χ1n) is 12.8. The summed E-state index contributed by atoms with van der Waals surface area (Å²) >= 11 is 0. The fraction of sp³-hybridized carbons (Fsp3) is 0.654. The topological polar surface area (TPSA) is 159 Å². The molecule has 1 aliphatic rings. The number of rotatable bonds is 14. The fourth-order valence-electron chi connectivity index (χ4n) is 4.23. The number of aliphatic hydroxyl groups is 4. The third-order valence-corrected chi connectivity index (χ3v) is 6.41. The number of aromatic hydroxyl groups is 1. The molecule has 1 aromatic heterocycles. The van der Waals surface area contributed by atoms with Crippen LogP contribution in [-0.2, 0) is 4.74 Å². The van der Waals surface area contributed by atoms with Crippen molar-refractivity contribution in [3.63, 3.8) is 0 Å². The number of hydrogen-bond donors (Lipinski definition) is 5. The van der Waals surface area contributed by atoms with Gasteiger partial charge in [0.15, 0.2) is 5.75 Å². The molecule has 0 spiro atoms. The van der Waals surface area contributed by atoms with Crippen molar-refractivity contribution in [3.8, 4) is 17.2 Å². The zero-order chi connectivity index (χ0) is 26.1. The number of ether oxygens (including phenoxy) is 3. The molecule has 10 heteroatoms. The van der Waals surface area contributed by atoms with E-state index in [-0.39, 0.29) is 11.0 Å². The second-order valence-corrected chi connectivity index (χ2v) is 9.22. The van der Waals surface area contributed by atoms with E-state index in [9.17, 15) is 30.3 Å². The van der Waals surface area contributed by atoms with Crippen LogP contribution in [0.15, 0.2) is 27.4 Å². The highest BCUT2D eigenvalue weighted by Crippen LogP contribution is 2.35. The minimum absolute atomic E-state index is 0.0863. The third kappa shape index (κ3) is 7.10. The highest BCUT2D eigenvalue weighted by molar-refractivity contribution is 5.86. The van der Waals surface area contributed by atoms with Crippen LogP contribution in [-0.4, -0.2) is 69.5 Å². The Hall–Kier alpha value is -2.37. The normalized spacial score (nSPS) is 24.2. The van der Waals surface area contributed by atoms with Crippen molar-refractivity contribution in [1.82, 2.24) is 0 Å². The van der Waals surface area contributed by atoms with Crippen molar-refractivity contribution in [3.05, 3.63) is 28.6 Å². The SMILES string of the molecule is CCCCCCCCCCCOc1ccc2c(O)c(O[C@@H]3O[C@H](CO)[C@@H](O)[C@H](O)[C@H]3O)c(=O)oc2c1. The molecule has 1 aliphatic heterocycles. The standard InChI is InChI=1S/C26H38O10/c1-2-3-4-5-6-7-8-9-10-13-33-16-11-12-17-18(14-16)34-25(32)24(20(17)28)36-26-23(31)22(30)21(29)19(15-27)35-26/h11-12,14,19,21-23,26-31H,2-10,13,15H2,1H3/t19-,21-,22+,23-,26+/m1/s1. The Balaban J connectivity index is 1.56. The van der Waals surface area contributed by atoms with E-state index in [1.165, 1.54) is 57.1 Å². The zero-order valence-corrected chi connectivity index (χ0v) is 20.7. The van der Waals surface area contributed by atoms with Crippen LogP contribution in [0.2, 0.25) is 0 Å². The quantitative estimate of drug-likeness (QED) is 0.189. The van der Waals surface area contributed by atoms with Gasteiger partial charge < -0.3 is 44.2 Å². The van der Waals surface area contributed by atoms with Crippen molar-refractivity contribution in [1.29, 1.82) is 0 Å². The molecular formula is C26H38O10. The fourth-order valence-corrected chi connectivity index (χ4v) is 4.23. The molecule has 0 saturated carbocycles. The first-order valence-corrected chi connectivity index (χ1v) is 12.8. The van der Waals surface area contributed by atoms with Gasteiger partial charge in [0.2, 0.25) is 6.29 Å². The maximum atomic E-state index is 12.5. The van der Waals surface area contributed by atoms with Crippen molar-refractivity contribution in [2.24, 2.45) is 0 Å². The Morgan fingerprint density at radius 2 is 1.58 bits per heavy atom. The molecule has 5 atom stereocenters. The first-order chi connectivity index (χ1) is 17.4. The van der Waals surface area contributed by atoms with Crippen LogP contribution in [0.1, 0.15) is 64.7 Å². The molecule has 5 N–H and O–H groups in total. The molecule has 0 unspecified atom stereocenters. The van der Waals surface area contributed by atoms with Gasteiger partial charge in [-0.25, -0.2) is 4.79 Å². The third-order valence-electron chi connectivity index (χ3n) is 6.41. The van der Waals surface area contributed by atoms with Crippen LogP contribution in [0, 0.1) is 0 Å². The average Bonchev–Trinajstić information content (AvgIpc) is 2.87. The van der Waals surface area contributed by atoms with E-state index in [2.05, 4.69) is 6.92 Å². The summed E-state index contributed by atoms with van der Waals surface area (Å²) in [6, 6.07) is 4.65. The van der Waals surface area contributed by atoms with E-state index in [1.807, 2.05) is 0 Å². The van der Waals surface area contributed by atoms with Gasteiger partial charge in [-0.1, -0.05) is 58.3 Å². The Labute approximate surface area is 210 Å². The number of benzene rings is 1. The second kappa shape index (κ2) is 13.8. The summed E-state index contributed by atoms with van der Waals surface area (Å²) < 4.78 is 21.6. The molecule has 0 radical (unpaired) electrons. The van der Waals surface area contributed by atoms with Gasteiger partial charge in [-0.3, -0.25) is 0 Å². The van der Waals surface area contributed by atoms with E-state index in [0.29, 0.717) is 12.4 Å². The van der Waals surface area contributed by atoms with Gasteiger partial charge in [0.25, 0.3) is 5.75 Å². The summed E-state index contributed by atoms with van der Waals surface area (Å²) in [6.45, 7) is 2.08. The lowest BCUT2D eigenvalue weighted by atomic mass is 9.99. The van der Waals surface area contributed by atoms with E-state index in [4.69, 9.17) is 18.6 Å². The van der Waals surface area contributed by atoms with Gasteiger partial charge in [-0.05, 0) is 18.6 Å². The predicted molar refractivity (Wildman–Crippen MR) is 131 cm³/mol. The predicted octanol–water partition coefficient (Wildman–Crippen LogP) is 2.59. The number of unbranched alkanes of at least 4 members (excludes halogenated alkanes) is 8. The summed E-state index contributed by atoms with van der Waals surface area (Å²) in [7, 11) is 0. The smallest absolute Gasteiger partial charge is 0.383 e. The molecule has 202 valence electrons. The van der Waals surface area contributed by atoms with E-state index >= 15 is 0 Å². The van der Waals surface area contributed by atoms with E-state index < -0.39 is 54.4 Å². The lowest BCUT2D eigenvalue weighted by Gasteiger charge is -2.39. The van der Waals surface area contributed by atoms with Crippen LogP contribution in [0.3, 0.4) is 0 Å². The monoisotopic (exact) mass is 510 g/mol. The van der Waals surface area contributed by atoms with Gasteiger partial charge in [-0.15, -0.1) is 0 Å². The van der Waals surface area contributed by atoms with Gasteiger partial charge >= 0.3 is 5.63 Å². The molecule has 2 aromatic rings. The van der Waals surface area contributed by atoms with E-state index in [1.54, 1.807) is 6.07 Å².